The Hall–Kier alpha value is -1.43. The summed E-state index contributed by atoms with van der Waals surface area (Å²) in [6, 6.07) is 24.0. The highest BCUT2D eigenvalue weighted by molar-refractivity contribution is 9.10. The summed E-state index contributed by atoms with van der Waals surface area (Å²) in [5, 5.41) is 3.20. The van der Waals surface area contributed by atoms with Crippen molar-refractivity contribution in [2.45, 2.75) is 11.8 Å². The number of aromatic nitrogens is 1. The maximum atomic E-state index is 3.64. The van der Waals surface area contributed by atoms with Gasteiger partial charge in [-0.1, -0.05) is 50.1 Å². The molecule has 2 heterocycles. The number of hydrogen-bond donors (Lipinski definition) is 0. The molecule has 0 N–H and O–H groups in total. The molecule has 1 aromatic heterocycles. The monoisotopic (exact) mass is 500 g/mol. The zero-order chi connectivity index (χ0) is 18.4. The van der Waals surface area contributed by atoms with Crippen LogP contribution in [0.5, 0.6) is 0 Å². The van der Waals surface area contributed by atoms with Crippen LogP contribution in [0, 0.1) is 0 Å². The van der Waals surface area contributed by atoms with E-state index in [1.165, 1.54) is 27.5 Å². The quantitative estimate of drug-likeness (QED) is 0.301. The van der Waals surface area contributed by atoms with Crippen LogP contribution in [-0.2, 0) is 6.54 Å². The highest BCUT2D eigenvalue weighted by Crippen LogP contribution is 2.35. The van der Waals surface area contributed by atoms with Crippen LogP contribution in [-0.4, -0.2) is 22.2 Å². The molecule has 0 aliphatic carbocycles. The molecule has 4 aromatic rings. The van der Waals surface area contributed by atoms with Crippen LogP contribution < -0.4 is 4.90 Å². The summed E-state index contributed by atoms with van der Waals surface area (Å²) in [6.07, 6.45) is 0. The van der Waals surface area contributed by atoms with Crippen molar-refractivity contribution in [3.63, 3.8) is 0 Å². The van der Waals surface area contributed by atoms with Gasteiger partial charge in [0, 0.05) is 54.8 Å². The summed E-state index contributed by atoms with van der Waals surface area (Å²) in [6.45, 7) is 2.11. The average molecular weight is 502 g/mol. The summed E-state index contributed by atoms with van der Waals surface area (Å²) in [5.74, 6) is 1.06. The lowest BCUT2D eigenvalue weighted by atomic mass is 10.2. The van der Waals surface area contributed by atoms with Crippen LogP contribution in [0.15, 0.2) is 75.7 Å². The van der Waals surface area contributed by atoms with Gasteiger partial charge in [-0.15, -0.1) is 11.8 Å². The van der Waals surface area contributed by atoms with E-state index in [2.05, 4.69) is 120 Å². The molecule has 1 atom stereocenters. The second-order valence-corrected chi connectivity index (χ2v) is 10.00. The SMILES string of the molecule is Brc1ccc2c(c1)c1cc(Br)ccc1n2CC1CN(c2ccccc2)CS1. The fraction of sp³-hybridized carbons (Fsp3) is 0.182. The number of hydrogen-bond acceptors (Lipinski definition) is 2. The molecule has 5 rings (SSSR count). The van der Waals surface area contributed by atoms with Gasteiger partial charge < -0.3 is 9.47 Å². The highest BCUT2D eigenvalue weighted by Gasteiger charge is 2.25. The highest BCUT2D eigenvalue weighted by atomic mass is 79.9. The smallest absolute Gasteiger partial charge is 0.0644 e. The number of benzene rings is 3. The van der Waals surface area contributed by atoms with E-state index in [9.17, 15) is 0 Å². The van der Waals surface area contributed by atoms with Gasteiger partial charge in [-0.2, -0.15) is 0 Å². The van der Waals surface area contributed by atoms with E-state index in [-0.39, 0.29) is 0 Å². The van der Waals surface area contributed by atoms with E-state index in [1.807, 2.05) is 0 Å². The van der Waals surface area contributed by atoms with E-state index in [0.717, 1.165) is 27.9 Å². The normalized spacial score (nSPS) is 17.3. The van der Waals surface area contributed by atoms with E-state index in [4.69, 9.17) is 0 Å². The van der Waals surface area contributed by atoms with Crippen LogP contribution in [0.1, 0.15) is 0 Å². The first-order chi connectivity index (χ1) is 13.2. The predicted molar refractivity (Wildman–Crippen MR) is 125 cm³/mol. The molecule has 1 aliphatic heterocycles. The summed E-state index contributed by atoms with van der Waals surface area (Å²) in [4.78, 5) is 2.48. The van der Waals surface area contributed by atoms with Gasteiger partial charge in [0.15, 0.2) is 0 Å². The van der Waals surface area contributed by atoms with Crippen LogP contribution >= 0.6 is 43.6 Å². The number of rotatable bonds is 3. The number of thioether (sulfide) groups is 1. The van der Waals surface area contributed by atoms with Crippen molar-refractivity contribution in [2.24, 2.45) is 0 Å². The molecule has 27 heavy (non-hydrogen) atoms. The van der Waals surface area contributed by atoms with Crippen molar-refractivity contribution in [3.05, 3.63) is 75.7 Å². The molecule has 1 fully saturated rings. The first kappa shape index (κ1) is 17.7. The van der Waals surface area contributed by atoms with Crippen LogP contribution in [0.4, 0.5) is 5.69 Å². The van der Waals surface area contributed by atoms with Crippen molar-refractivity contribution in [3.8, 4) is 0 Å². The number of para-hydroxylation sites is 1. The van der Waals surface area contributed by atoms with Gasteiger partial charge >= 0.3 is 0 Å². The van der Waals surface area contributed by atoms with Gasteiger partial charge in [0.1, 0.15) is 0 Å². The lowest BCUT2D eigenvalue weighted by Crippen LogP contribution is -2.23. The van der Waals surface area contributed by atoms with Gasteiger partial charge in [-0.3, -0.25) is 0 Å². The molecule has 1 saturated heterocycles. The molecule has 2 nitrogen and oxygen atoms in total. The molecular weight excluding hydrogens is 484 g/mol. The predicted octanol–water partition coefficient (Wildman–Crippen LogP) is 6.90. The van der Waals surface area contributed by atoms with E-state index in [0.29, 0.717) is 5.25 Å². The van der Waals surface area contributed by atoms with Gasteiger partial charge in [-0.05, 0) is 48.5 Å². The first-order valence-electron chi connectivity index (χ1n) is 8.98. The molecule has 0 radical (unpaired) electrons. The Morgan fingerprint density at radius 2 is 1.48 bits per heavy atom. The van der Waals surface area contributed by atoms with Gasteiger partial charge in [-0.25, -0.2) is 0 Å². The van der Waals surface area contributed by atoms with Crippen molar-refractivity contribution < 1.29 is 0 Å². The number of anilines is 1. The molecule has 0 spiro atoms. The summed E-state index contributed by atoms with van der Waals surface area (Å²) >= 11 is 9.33. The minimum absolute atomic E-state index is 0.580. The maximum absolute atomic E-state index is 3.64. The summed E-state index contributed by atoms with van der Waals surface area (Å²) in [7, 11) is 0. The second-order valence-electron chi connectivity index (χ2n) is 6.91. The molecule has 0 amide bonds. The average Bonchev–Trinajstić information content (AvgIpc) is 3.26. The van der Waals surface area contributed by atoms with Crippen LogP contribution in [0.3, 0.4) is 0 Å². The molecular formula is C22H18Br2N2S. The zero-order valence-electron chi connectivity index (χ0n) is 14.6. The van der Waals surface area contributed by atoms with Crippen molar-refractivity contribution >= 4 is 71.1 Å². The van der Waals surface area contributed by atoms with Crippen molar-refractivity contribution in [1.29, 1.82) is 0 Å². The molecule has 5 heteroatoms. The summed E-state index contributed by atoms with van der Waals surface area (Å²) in [5.41, 5.74) is 3.94. The van der Waals surface area contributed by atoms with Crippen molar-refractivity contribution in [2.75, 3.05) is 17.3 Å². The van der Waals surface area contributed by atoms with E-state index in [1.54, 1.807) is 0 Å². The lowest BCUT2D eigenvalue weighted by Gasteiger charge is -2.18. The van der Waals surface area contributed by atoms with Gasteiger partial charge in [0.2, 0.25) is 0 Å². The topological polar surface area (TPSA) is 8.17 Å². The minimum atomic E-state index is 0.580. The zero-order valence-corrected chi connectivity index (χ0v) is 18.6. The molecule has 0 saturated carbocycles. The third-order valence-electron chi connectivity index (χ3n) is 5.19. The van der Waals surface area contributed by atoms with Crippen LogP contribution in [0.2, 0.25) is 0 Å². The van der Waals surface area contributed by atoms with Gasteiger partial charge in [0.05, 0.1) is 5.88 Å². The largest absolute Gasteiger partial charge is 0.361 e. The van der Waals surface area contributed by atoms with E-state index < -0.39 is 0 Å². The Labute approximate surface area is 179 Å². The first-order valence-corrected chi connectivity index (χ1v) is 11.6. The molecule has 3 aromatic carbocycles. The van der Waals surface area contributed by atoms with E-state index >= 15 is 0 Å². The maximum Gasteiger partial charge on any atom is 0.0644 e. The molecule has 1 unspecified atom stereocenters. The van der Waals surface area contributed by atoms with Gasteiger partial charge in [0.25, 0.3) is 0 Å². The minimum Gasteiger partial charge on any atom is -0.361 e. The molecule has 0 bridgehead atoms. The second kappa shape index (κ2) is 7.19. The Bertz CT molecular complexity index is 1060. The summed E-state index contributed by atoms with van der Waals surface area (Å²) < 4.78 is 4.74. The third kappa shape index (κ3) is 3.30. The number of nitrogens with zero attached hydrogens (tertiary/aromatic N) is 2. The fourth-order valence-corrected chi connectivity index (χ4v) is 5.83. The molecule has 1 aliphatic rings. The Balaban J connectivity index is 1.51. The number of halogens is 2. The third-order valence-corrected chi connectivity index (χ3v) is 7.40. The Kier molecular flexibility index (Phi) is 4.70. The van der Waals surface area contributed by atoms with Crippen LogP contribution in [0.25, 0.3) is 21.8 Å². The Morgan fingerprint density at radius 1 is 0.852 bits per heavy atom. The number of fused-ring (bicyclic) bond motifs is 3. The molecule has 136 valence electrons. The lowest BCUT2D eigenvalue weighted by molar-refractivity contribution is 0.703. The standard InChI is InChI=1S/C22H18Br2N2S/c23-15-6-8-21-19(10-15)20-11-16(24)7-9-22(20)26(21)13-18-12-25(14-27-18)17-4-2-1-3-5-17/h1-11,18H,12-14H2. The Morgan fingerprint density at radius 3 is 2.11 bits per heavy atom. The fourth-order valence-electron chi connectivity index (χ4n) is 3.92. The van der Waals surface area contributed by atoms with Crippen molar-refractivity contribution in [1.82, 2.24) is 4.57 Å².